The number of aryl methyl sites for hydroxylation is 2. The molecule has 0 bridgehead atoms. The van der Waals surface area contributed by atoms with Gasteiger partial charge in [-0.25, -0.2) is 14.5 Å². The molecule has 3 heterocycles. The highest BCUT2D eigenvalue weighted by atomic mass is 19.1. The maximum Gasteiger partial charge on any atom is 0.214 e. The lowest BCUT2D eigenvalue weighted by Crippen LogP contribution is -2.12. The van der Waals surface area contributed by atoms with E-state index >= 15 is 0 Å². The lowest BCUT2D eigenvalue weighted by atomic mass is 10.1. The highest BCUT2D eigenvalue weighted by Crippen LogP contribution is 2.21. The highest BCUT2D eigenvalue weighted by Gasteiger charge is 2.13. The summed E-state index contributed by atoms with van der Waals surface area (Å²) in [5.74, 6) is -0.00107. The first-order valence-electron chi connectivity index (χ1n) is 6.75. The van der Waals surface area contributed by atoms with E-state index in [4.69, 9.17) is 0 Å². The van der Waals surface area contributed by atoms with Crippen LogP contribution in [0, 0.1) is 19.8 Å². The maximum atomic E-state index is 13.1. The second-order valence-corrected chi connectivity index (χ2v) is 5.07. The quantitative estimate of drug-likeness (QED) is 0.751. The van der Waals surface area contributed by atoms with Crippen LogP contribution in [-0.2, 0) is 0 Å². The van der Waals surface area contributed by atoms with Crippen LogP contribution in [0.4, 0.5) is 10.2 Å². The number of anilines is 1. The molecule has 6 heteroatoms. The van der Waals surface area contributed by atoms with Crippen LogP contribution in [-0.4, -0.2) is 19.6 Å². The first kappa shape index (κ1) is 13.5. The number of rotatable bonds is 3. The number of nitrogens with one attached hydrogen (secondary N) is 1. The van der Waals surface area contributed by atoms with Crippen LogP contribution in [0.1, 0.15) is 29.9 Å². The van der Waals surface area contributed by atoms with E-state index in [0.29, 0.717) is 5.82 Å². The number of halogens is 1. The van der Waals surface area contributed by atoms with Gasteiger partial charge in [0, 0.05) is 23.5 Å². The van der Waals surface area contributed by atoms with Gasteiger partial charge >= 0.3 is 0 Å². The summed E-state index contributed by atoms with van der Waals surface area (Å²) in [5.41, 5.74) is 3.75. The van der Waals surface area contributed by atoms with E-state index in [1.807, 2.05) is 37.5 Å². The third-order valence-corrected chi connectivity index (χ3v) is 3.43. The topological polar surface area (TPSA) is 55.1 Å². The predicted molar refractivity (Wildman–Crippen MR) is 78.7 cm³/mol. The molecule has 1 N–H and O–H groups in total. The second-order valence-electron chi connectivity index (χ2n) is 5.07. The summed E-state index contributed by atoms with van der Waals surface area (Å²) >= 11 is 0. The van der Waals surface area contributed by atoms with Gasteiger partial charge in [0.1, 0.15) is 5.82 Å². The molecule has 0 aliphatic rings. The molecule has 0 aliphatic carbocycles. The molecular formula is C15H16FN5. The van der Waals surface area contributed by atoms with Gasteiger partial charge in [-0.1, -0.05) is 6.07 Å². The van der Waals surface area contributed by atoms with Crippen molar-refractivity contribution in [2.24, 2.45) is 0 Å². The SMILES string of the molecule is Cc1cc2ncc(C(C)Nc3cccc(F)n3)c(C)n2n1. The lowest BCUT2D eigenvalue weighted by molar-refractivity contribution is 0.584. The van der Waals surface area contributed by atoms with Gasteiger partial charge in [0.2, 0.25) is 5.95 Å². The number of pyridine rings is 1. The van der Waals surface area contributed by atoms with Crippen molar-refractivity contribution in [3.8, 4) is 0 Å². The molecule has 108 valence electrons. The Morgan fingerprint density at radius 1 is 1.29 bits per heavy atom. The third kappa shape index (κ3) is 2.56. The van der Waals surface area contributed by atoms with Crippen molar-refractivity contribution in [3.63, 3.8) is 0 Å². The van der Waals surface area contributed by atoms with Crippen LogP contribution in [0.25, 0.3) is 5.65 Å². The summed E-state index contributed by atoms with van der Waals surface area (Å²) in [6.45, 7) is 5.92. The number of fused-ring (bicyclic) bond motifs is 1. The van der Waals surface area contributed by atoms with E-state index in [1.165, 1.54) is 6.07 Å². The van der Waals surface area contributed by atoms with Crippen molar-refractivity contribution in [2.45, 2.75) is 26.8 Å². The van der Waals surface area contributed by atoms with Crippen molar-refractivity contribution in [2.75, 3.05) is 5.32 Å². The van der Waals surface area contributed by atoms with Crippen LogP contribution in [0.5, 0.6) is 0 Å². The molecule has 21 heavy (non-hydrogen) atoms. The Morgan fingerprint density at radius 3 is 2.86 bits per heavy atom. The fourth-order valence-corrected chi connectivity index (χ4v) is 2.39. The van der Waals surface area contributed by atoms with E-state index < -0.39 is 5.95 Å². The zero-order valence-corrected chi connectivity index (χ0v) is 12.1. The van der Waals surface area contributed by atoms with Crippen LogP contribution >= 0.6 is 0 Å². The average molecular weight is 285 g/mol. The average Bonchev–Trinajstić information content (AvgIpc) is 2.80. The summed E-state index contributed by atoms with van der Waals surface area (Å²) in [4.78, 5) is 8.22. The minimum absolute atomic E-state index is 0.0549. The molecule has 1 unspecified atom stereocenters. The van der Waals surface area contributed by atoms with Crippen LogP contribution in [0.3, 0.4) is 0 Å². The molecule has 3 aromatic rings. The number of hydrogen-bond acceptors (Lipinski definition) is 4. The Kier molecular flexibility index (Phi) is 3.29. The van der Waals surface area contributed by atoms with Crippen molar-refractivity contribution in [1.82, 2.24) is 19.6 Å². The number of nitrogens with zero attached hydrogens (tertiary/aromatic N) is 4. The van der Waals surface area contributed by atoms with Crippen LogP contribution < -0.4 is 5.32 Å². The molecule has 3 aromatic heterocycles. The summed E-state index contributed by atoms with van der Waals surface area (Å²) < 4.78 is 15.0. The van der Waals surface area contributed by atoms with Gasteiger partial charge in [0.05, 0.1) is 11.7 Å². The van der Waals surface area contributed by atoms with Crippen molar-refractivity contribution < 1.29 is 4.39 Å². The first-order chi connectivity index (χ1) is 10.0. The molecule has 3 rings (SSSR count). The zero-order valence-electron chi connectivity index (χ0n) is 12.1. The van der Waals surface area contributed by atoms with Gasteiger partial charge in [-0.3, -0.25) is 0 Å². The lowest BCUT2D eigenvalue weighted by Gasteiger charge is -2.17. The van der Waals surface area contributed by atoms with E-state index in [1.54, 1.807) is 12.1 Å². The Hall–Kier alpha value is -2.50. The standard InChI is InChI=1S/C15H16FN5/c1-9-7-15-17-8-12(11(3)21(15)20-9)10(2)18-14-6-4-5-13(16)19-14/h4-8,10H,1-3H3,(H,18,19). The van der Waals surface area contributed by atoms with E-state index in [9.17, 15) is 4.39 Å². The Balaban J connectivity index is 1.94. The van der Waals surface area contributed by atoms with E-state index in [-0.39, 0.29) is 6.04 Å². The smallest absolute Gasteiger partial charge is 0.214 e. The van der Waals surface area contributed by atoms with E-state index in [2.05, 4.69) is 20.4 Å². The van der Waals surface area contributed by atoms with Gasteiger partial charge in [0.15, 0.2) is 5.65 Å². The van der Waals surface area contributed by atoms with Crippen molar-refractivity contribution in [3.05, 3.63) is 53.4 Å². The molecule has 0 spiro atoms. The minimum Gasteiger partial charge on any atom is -0.363 e. The molecule has 1 atom stereocenters. The molecule has 0 aromatic carbocycles. The molecule has 5 nitrogen and oxygen atoms in total. The summed E-state index contributed by atoms with van der Waals surface area (Å²) in [7, 11) is 0. The maximum absolute atomic E-state index is 13.1. The van der Waals surface area contributed by atoms with Gasteiger partial charge in [-0.2, -0.15) is 9.49 Å². The van der Waals surface area contributed by atoms with Crippen molar-refractivity contribution >= 4 is 11.5 Å². The van der Waals surface area contributed by atoms with Crippen molar-refractivity contribution in [1.29, 1.82) is 0 Å². The molecule has 0 amide bonds. The van der Waals surface area contributed by atoms with Gasteiger partial charge in [-0.05, 0) is 32.9 Å². The Bertz CT molecular complexity index is 796. The zero-order chi connectivity index (χ0) is 15.0. The monoisotopic (exact) mass is 285 g/mol. The second kappa shape index (κ2) is 5.12. The summed E-state index contributed by atoms with van der Waals surface area (Å²) in [6, 6.07) is 6.56. The third-order valence-electron chi connectivity index (χ3n) is 3.43. The number of aromatic nitrogens is 4. The molecule has 0 aliphatic heterocycles. The Morgan fingerprint density at radius 2 is 2.10 bits per heavy atom. The normalized spacial score (nSPS) is 12.6. The van der Waals surface area contributed by atoms with Gasteiger partial charge in [-0.15, -0.1) is 0 Å². The predicted octanol–water partition coefficient (Wildman–Crippen LogP) is 3.05. The summed E-state index contributed by atoms with van der Waals surface area (Å²) in [6.07, 6.45) is 1.82. The largest absolute Gasteiger partial charge is 0.363 e. The molecule has 0 fully saturated rings. The van der Waals surface area contributed by atoms with Gasteiger partial charge < -0.3 is 5.32 Å². The fraction of sp³-hybridized carbons (Fsp3) is 0.267. The Labute approximate surface area is 121 Å². The van der Waals surface area contributed by atoms with Gasteiger partial charge in [0.25, 0.3) is 0 Å². The van der Waals surface area contributed by atoms with Crippen LogP contribution in [0.2, 0.25) is 0 Å². The van der Waals surface area contributed by atoms with E-state index in [0.717, 1.165) is 22.6 Å². The van der Waals surface area contributed by atoms with Crippen LogP contribution in [0.15, 0.2) is 30.5 Å². The number of hydrogen-bond donors (Lipinski definition) is 1. The molecule has 0 saturated carbocycles. The molecular weight excluding hydrogens is 269 g/mol. The first-order valence-corrected chi connectivity index (χ1v) is 6.75. The minimum atomic E-state index is -0.500. The molecule has 0 radical (unpaired) electrons. The summed E-state index contributed by atoms with van der Waals surface area (Å²) in [5, 5.41) is 7.61. The highest BCUT2D eigenvalue weighted by molar-refractivity contribution is 5.44. The molecule has 0 saturated heterocycles. The fourth-order valence-electron chi connectivity index (χ4n) is 2.39.